The second-order valence-electron chi connectivity index (χ2n) is 7.54. The Balaban J connectivity index is 1.31. The van der Waals surface area contributed by atoms with E-state index in [1.54, 1.807) is 0 Å². The SMILES string of the molecule is Cc1cccc(CN2CCN(C3CC4CCC3C4)CC2)c1. The number of hydrogen-bond acceptors (Lipinski definition) is 2. The molecule has 1 aromatic carbocycles. The third kappa shape index (κ3) is 2.89. The molecule has 114 valence electrons. The van der Waals surface area contributed by atoms with E-state index >= 15 is 0 Å². The summed E-state index contributed by atoms with van der Waals surface area (Å²) in [4.78, 5) is 5.45. The van der Waals surface area contributed by atoms with Gasteiger partial charge in [-0.2, -0.15) is 0 Å². The minimum atomic E-state index is 0.935. The number of hydrogen-bond donors (Lipinski definition) is 0. The molecule has 2 heteroatoms. The average molecular weight is 284 g/mol. The molecular weight excluding hydrogens is 256 g/mol. The van der Waals surface area contributed by atoms with Crippen LogP contribution in [0.1, 0.15) is 36.8 Å². The topological polar surface area (TPSA) is 6.48 Å². The predicted molar refractivity (Wildman–Crippen MR) is 87.3 cm³/mol. The molecule has 1 heterocycles. The molecule has 1 aromatic rings. The molecule has 1 aliphatic heterocycles. The maximum absolute atomic E-state index is 2.82. The van der Waals surface area contributed by atoms with Crippen LogP contribution in [0.5, 0.6) is 0 Å². The molecule has 2 aliphatic carbocycles. The molecule has 0 aromatic heterocycles. The van der Waals surface area contributed by atoms with Crippen LogP contribution in [0, 0.1) is 18.8 Å². The maximum Gasteiger partial charge on any atom is 0.0234 e. The van der Waals surface area contributed by atoms with Crippen LogP contribution in [0.2, 0.25) is 0 Å². The fourth-order valence-corrected chi connectivity index (χ4v) is 4.98. The lowest BCUT2D eigenvalue weighted by molar-refractivity contribution is 0.0679. The number of benzene rings is 1. The van der Waals surface area contributed by atoms with Gasteiger partial charge in [0.05, 0.1) is 0 Å². The maximum atomic E-state index is 2.82. The molecule has 3 aliphatic rings. The first-order chi connectivity index (χ1) is 10.3. The Labute approximate surface area is 129 Å². The van der Waals surface area contributed by atoms with Crippen molar-refractivity contribution in [3.8, 4) is 0 Å². The van der Waals surface area contributed by atoms with E-state index in [1.807, 2.05) is 0 Å². The molecule has 0 amide bonds. The second-order valence-corrected chi connectivity index (χ2v) is 7.54. The Morgan fingerprint density at radius 3 is 2.57 bits per heavy atom. The van der Waals surface area contributed by atoms with E-state index in [9.17, 15) is 0 Å². The van der Waals surface area contributed by atoms with Gasteiger partial charge < -0.3 is 0 Å². The highest BCUT2D eigenvalue weighted by atomic mass is 15.3. The van der Waals surface area contributed by atoms with Gasteiger partial charge in [0.25, 0.3) is 0 Å². The van der Waals surface area contributed by atoms with Gasteiger partial charge in [0.2, 0.25) is 0 Å². The molecule has 1 saturated heterocycles. The molecule has 4 rings (SSSR count). The first kappa shape index (κ1) is 13.8. The predicted octanol–water partition coefficient (Wildman–Crippen LogP) is 3.30. The van der Waals surface area contributed by atoms with Crippen LogP contribution < -0.4 is 0 Å². The summed E-state index contributed by atoms with van der Waals surface area (Å²) >= 11 is 0. The zero-order valence-electron chi connectivity index (χ0n) is 13.3. The summed E-state index contributed by atoms with van der Waals surface area (Å²) in [5, 5.41) is 0. The van der Waals surface area contributed by atoms with E-state index in [2.05, 4.69) is 41.0 Å². The monoisotopic (exact) mass is 284 g/mol. The third-order valence-electron chi connectivity index (χ3n) is 6.07. The van der Waals surface area contributed by atoms with Crippen molar-refractivity contribution < 1.29 is 0 Å². The van der Waals surface area contributed by atoms with Crippen molar-refractivity contribution in [3.05, 3.63) is 35.4 Å². The largest absolute Gasteiger partial charge is 0.298 e. The molecule has 21 heavy (non-hydrogen) atoms. The summed E-state index contributed by atoms with van der Waals surface area (Å²) in [7, 11) is 0. The number of rotatable bonds is 3. The molecule has 3 unspecified atom stereocenters. The van der Waals surface area contributed by atoms with Crippen LogP contribution in [0.25, 0.3) is 0 Å². The van der Waals surface area contributed by atoms with Crippen LogP contribution in [-0.2, 0) is 6.54 Å². The summed E-state index contributed by atoms with van der Waals surface area (Å²) in [5.41, 5.74) is 2.86. The quantitative estimate of drug-likeness (QED) is 0.840. The lowest BCUT2D eigenvalue weighted by atomic mass is 9.93. The molecule has 3 fully saturated rings. The molecular formula is C19H28N2. The highest BCUT2D eigenvalue weighted by Gasteiger charge is 2.42. The van der Waals surface area contributed by atoms with Gasteiger partial charge in [-0.1, -0.05) is 36.2 Å². The molecule has 2 saturated carbocycles. The Hall–Kier alpha value is -0.860. The summed E-state index contributed by atoms with van der Waals surface area (Å²) in [6.07, 6.45) is 6.07. The van der Waals surface area contributed by atoms with Gasteiger partial charge in [-0.15, -0.1) is 0 Å². The lowest BCUT2D eigenvalue weighted by Gasteiger charge is -2.41. The van der Waals surface area contributed by atoms with Gasteiger partial charge in [0.15, 0.2) is 0 Å². The molecule has 0 N–H and O–H groups in total. The highest BCUT2D eigenvalue weighted by molar-refractivity contribution is 5.22. The number of piperazine rings is 1. The average Bonchev–Trinajstić information content (AvgIpc) is 3.11. The van der Waals surface area contributed by atoms with Gasteiger partial charge in [-0.05, 0) is 43.6 Å². The van der Waals surface area contributed by atoms with Gasteiger partial charge in [0.1, 0.15) is 0 Å². The van der Waals surface area contributed by atoms with E-state index in [-0.39, 0.29) is 0 Å². The summed E-state index contributed by atoms with van der Waals surface area (Å²) in [6.45, 7) is 8.41. The fraction of sp³-hybridized carbons (Fsp3) is 0.684. The molecule has 0 radical (unpaired) electrons. The molecule has 3 atom stereocenters. The van der Waals surface area contributed by atoms with Crippen molar-refractivity contribution >= 4 is 0 Å². The van der Waals surface area contributed by atoms with E-state index in [1.165, 1.54) is 63.0 Å². The van der Waals surface area contributed by atoms with E-state index in [4.69, 9.17) is 0 Å². The summed E-state index contributed by atoms with van der Waals surface area (Å²) in [5.74, 6) is 2.11. The van der Waals surface area contributed by atoms with Crippen LogP contribution in [-0.4, -0.2) is 42.0 Å². The van der Waals surface area contributed by atoms with Crippen LogP contribution in [0.4, 0.5) is 0 Å². The zero-order chi connectivity index (χ0) is 14.2. The number of fused-ring (bicyclic) bond motifs is 2. The van der Waals surface area contributed by atoms with Crippen molar-refractivity contribution in [2.75, 3.05) is 26.2 Å². The summed E-state index contributed by atoms with van der Waals surface area (Å²) < 4.78 is 0. The molecule has 0 spiro atoms. The van der Waals surface area contributed by atoms with Crippen molar-refractivity contribution in [1.82, 2.24) is 9.80 Å². The highest BCUT2D eigenvalue weighted by Crippen LogP contribution is 2.46. The zero-order valence-corrected chi connectivity index (χ0v) is 13.3. The molecule has 2 nitrogen and oxygen atoms in total. The first-order valence-corrected chi connectivity index (χ1v) is 8.80. The van der Waals surface area contributed by atoms with Crippen molar-refractivity contribution in [3.63, 3.8) is 0 Å². The van der Waals surface area contributed by atoms with Crippen molar-refractivity contribution in [2.45, 2.75) is 45.2 Å². The lowest BCUT2D eigenvalue weighted by Crippen LogP contribution is -2.51. The van der Waals surface area contributed by atoms with Gasteiger partial charge in [0, 0.05) is 38.8 Å². The minimum absolute atomic E-state index is 0.935. The Kier molecular flexibility index (Phi) is 3.76. The van der Waals surface area contributed by atoms with Gasteiger partial charge >= 0.3 is 0 Å². The van der Waals surface area contributed by atoms with Gasteiger partial charge in [-0.3, -0.25) is 9.80 Å². The van der Waals surface area contributed by atoms with Crippen LogP contribution >= 0.6 is 0 Å². The van der Waals surface area contributed by atoms with Crippen molar-refractivity contribution in [2.24, 2.45) is 11.8 Å². The summed E-state index contributed by atoms with van der Waals surface area (Å²) in [6, 6.07) is 9.93. The van der Waals surface area contributed by atoms with Crippen LogP contribution in [0.3, 0.4) is 0 Å². The second kappa shape index (κ2) is 5.73. The van der Waals surface area contributed by atoms with E-state index in [0.717, 1.165) is 24.4 Å². The number of aryl methyl sites for hydroxylation is 1. The Bertz CT molecular complexity index is 490. The normalized spacial score (nSPS) is 33.7. The van der Waals surface area contributed by atoms with Crippen LogP contribution in [0.15, 0.2) is 24.3 Å². The standard InChI is InChI=1S/C19H28N2/c1-15-3-2-4-17(11-15)14-20-7-9-21(10-8-20)19-13-16-5-6-18(19)12-16/h2-4,11,16,18-19H,5-10,12-14H2,1H3. The number of nitrogens with zero attached hydrogens (tertiary/aromatic N) is 2. The minimum Gasteiger partial charge on any atom is -0.298 e. The van der Waals surface area contributed by atoms with E-state index < -0.39 is 0 Å². The third-order valence-corrected chi connectivity index (χ3v) is 6.07. The molecule has 2 bridgehead atoms. The Morgan fingerprint density at radius 1 is 1.05 bits per heavy atom. The van der Waals surface area contributed by atoms with E-state index in [0.29, 0.717) is 0 Å². The Morgan fingerprint density at radius 2 is 1.90 bits per heavy atom. The fourth-order valence-electron chi connectivity index (χ4n) is 4.98. The van der Waals surface area contributed by atoms with Gasteiger partial charge in [-0.25, -0.2) is 0 Å². The van der Waals surface area contributed by atoms with Crippen molar-refractivity contribution in [1.29, 1.82) is 0 Å². The first-order valence-electron chi connectivity index (χ1n) is 8.80. The smallest absolute Gasteiger partial charge is 0.0234 e.